The molecule has 70 valence electrons. The largest absolute Gasteiger partial charge is 0.382 e. The standard InChI is InChI=1S/C7H6BrFN2O2/c1-10-7-5(11(12)13)3-2-4(9)6(7)8/h2-3,10H,1H3. The zero-order chi connectivity index (χ0) is 10.0. The van der Waals surface area contributed by atoms with E-state index in [-0.39, 0.29) is 15.8 Å². The minimum atomic E-state index is -0.573. The summed E-state index contributed by atoms with van der Waals surface area (Å²) in [6.07, 6.45) is 0. The normalized spacial score (nSPS) is 9.77. The van der Waals surface area contributed by atoms with Gasteiger partial charge in [-0.1, -0.05) is 0 Å². The summed E-state index contributed by atoms with van der Waals surface area (Å²) >= 11 is 2.92. The van der Waals surface area contributed by atoms with Crippen molar-refractivity contribution in [2.75, 3.05) is 12.4 Å². The third kappa shape index (κ3) is 1.77. The first-order valence-corrected chi connectivity index (χ1v) is 4.17. The molecular formula is C7H6BrFN2O2. The molecule has 0 heterocycles. The summed E-state index contributed by atoms with van der Waals surface area (Å²) in [5.74, 6) is -0.532. The van der Waals surface area contributed by atoms with E-state index in [0.717, 1.165) is 12.1 Å². The van der Waals surface area contributed by atoms with Gasteiger partial charge in [-0.3, -0.25) is 10.1 Å². The maximum atomic E-state index is 12.9. The van der Waals surface area contributed by atoms with Crippen LogP contribution in [-0.2, 0) is 0 Å². The fourth-order valence-corrected chi connectivity index (χ4v) is 1.46. The number of anilines is 1. The third-order valence-electron chi connectivity index (χ3n) is 1.52. The lowest BCUT2D eigenvalue weighted by Crippen LogP contribution is -1.98. The Bertz CT molecular complexity index is 357. The molecule has 0 radical (unpaired) electrons. The van der Waals surface area contributed by atoms with Crippen molar-refractivity contribution in [1.29, 1.82) is 0 Å². The summed E-state index contributed by atoms with van der Waals surface area (Å²) in [6.45, 7) is 0. The molecule has 6 heteroatoms. The minimum absolute atomic E-state index is 0.0733. The van der Waals surface area contributed by atoms with Crippen LogP contribution in [0, 0.1) is 15.9 Å². The maximum Gasteiger partial charge on any atom is 0.293 e. The molecule has 0 atom stereocenters. The van der Waals surface area contributed by atoms with Crippen LogP contribution in [0.4, 0.5) is 15.8 Å². The van der Waals surface area contributed by atoms with Crippen molar-refractivity contribution in [3.8, 4) is 0 Å². The number of nitro groups is 1. The van der Waals surface area contributed by atoms with E-state index in [2.05, 4.69) is 21.2 Å². The Balaban J connectivity index is 3.38. The molecule has 0 aliphatic heterocycles. The number of benzene rings is 1. The molecule has 0 saturated heterocycles. The number of hydrogen-bond donors (Lipinski definition) is 1. The second-order valence-corrected chi connectivity index (χ2v) is 3.06. The quantitative estimate of drug-likeness (QED) is 0.647. The van der Waals surface area contributed by atoms with Crippen molar-refractivity contribution >= 4 is 27.3 Å². The van der Waals surface area contributed by atoms with Gasteiger partial charge < -0.3 is 5.32 Å². The van der Waals surface area contributed by atoms with E-state index in [1.807, 2.05) is 0 Å². The highest BCUT2D eigenvalue weighted by atomic mass is 79.9. The van der Waals surface area contributed by atoms with Crippen molar-refractivity contribution in [3.05, 3.63) is 32.5 Å². The first kappa shape index (κ1) is 9.91. The van der Waals surface area contributed by atoms with E-state index in [1.165, 1.54) is 7.05 Å². The first-order valence-electron chi connectivity index (χ1n) is 3.38. The number of halogens is 2. The first-order chi connectivity index (χ1) is 6.07. The van der Waals surface area contributed by atoms with Crippen molar-refractivity contribution in [2.24, 2.45) is 0 Å². The lowest BCUT2D eigenvalue weighted by Gasteiger charge is -2.04. The third-order valence-corrected chi connectivity index (χ3v) is 2.29. The number of hydrogen-bond acceptors (Lipinski definition) is 3. The molecular weight excluding hydrogens is 243 g/mol. The predicted octanol–water partition coefficient (Wildman–Crippen LogP) is 2.54. The molecule has 0 fully saturated rings. The molecule has 0 unspecified atom stereocenters. The van der Waals surface area contributed by atoms with Crippen LogP contribution < -0.4 is 5.32 Å². The van der Waals surface area contributed by atoms with E-state index in [9.17, 15) is 14.5 Å². The molecule has 0 aromatic heterocycles. The van der Waals surface area contributed by atoms with Gasteiger partial charge in [0.2, 0.25) is 0 Å². The Hall–Kier alpha value is -1.17. The molecule has 0 aliphatic carbocycles. The lowest BCUT2D eigenvalue weighted by molar-refractivity contribution is -0.384. The monoisotopic (exact) mass is 248 g/mol. The van der Waals surface area contributed by atoms with Crippen LogP contribution in [0.1, 0.15) is 0 Å². The van der Waals surface area contributed by atoms with Gasteiger partial charge in [0.25, 0.3) is 5.69 Å². The van der Waals surface area contributed by atoms with Crippen LogP contribution in [-0.4, -0.2) is 12.0 Å². The van der Waals surface area contributed by atoms with Gasteiger partial charge >= 0.3 is 0 Å². The molecule has 0 aliphatic rings. The summed E-state index contributed by atoms with van der Waals surface area (Å²) in [5.41, 5.74) is -0.0132. The molecule has 1 aromatic rings. The zero-order valence-electron chi connectivity index (χ0n) is 6.67. The van der Waals surface area contributed by atoms with Gasteiger partial charge in [-0.25, -0.2) is 4.39 Å². The molecule has 0 bridgehead atoms. The van der Waals surface area contributed by atoms with Gasteiger partial charge in [0.05, 0.1) is 9.40 Å². The Labute approximate surface area is 82.0 Å². The van der Waals surface area contributed by atoms with Crippen LogP contribution >= 0.6 is 15.9 Å². The number of nitrogens with zero attached hydrogens (tertiary/aromatic N) is 1. The van der Waals surface area contributed by atoms with E-state index < -0.39 is 10.7 Å². The van der Waals surface area contributed by atoms with Gasteiger partial charge in [0.15, 0.2) is 0 Å². The van der Waals surface area contributed by atoms with E-state index in [1.54, 1.807) is 0 Å². The Morgan fingerprint density at radius 2 is 2.23 bits per heavy atom. The van der Waals surface area contributed by atoms with Crippen LogP contribution in [0.3, 0.4) is 0 Å². The van der Waals surface area contributed by atoms with Crippen LogP contribution in [0.5, 0.6) is 0 Å². The second kappa shape index (κ2) is 3.69. The predicted molar refractivity (Wildman–Crippen MR) is 50.3 cm³/mol. The second-order valence-electron chi connectivity index (χ2n) is 2.26. The van der Waals surface area contributed by atoms with Gasteiger partial charge in [-0.15, -0.1) is 0 Å². The van der Waals surface area contributed by atoms with Crippen LogP contribution in [0.15, 0.2) is 16.6 Å². The van der Waals surface area contributed by atoms with Gasteiger partial charge in [-0.05, 0) is 22.0 Å². The van der Waals surface area contributed by atoms with Crippen molar-refractivity contribution in [1.82, 2.24) is 0 Å². The van der Waals surface area contributed by atoms with Crippen molar-refractivity contribution in [3.63, 3.8) is 0 Å². The maximum absolute atomic E-state index is 12.9. The van der Waals surface area contributed by atoms with Crippen molar-refractivity contribution in [2.45, 2.75) is 0 Å². The molecule has 0 spiro atoms. The summed E-state index contributed by atoms with van der Waals surface area (Å²) in [4.78, 5) is 9.89. The SMILES string of the molecule is CNc1c([N+](=O)[O-])ccc(F)c1Br. The number of rotatable bonds is 2. The Kier molecular flexibility index (Phi) is 2.82. The van der Waals surface area contributed by atoms with Crippen LogP contribution in [0.25, 0.3) is 0 Å². The van der Waals surface area contributed by atoms with Gasteiger partial charge in [-0.2, -0.15) is 0 Å². The average Bonchev–Trinajstić information content (AvgIpc) is 2.09. The fourth-order valence-electron chi connectivity index (χ4n) is 0.930. The van der Waals surface area contributed by atoms with Gasteiger partial charge in [0.1, 0.15) is 11.5 Å². The van der Waals surface area contributed by atoms with E-state index in [4.69, 9.17) is 0 Å². The van der Waals surface area contributed by atoms with E-state index in [0.29, 0.717) is 0 Å². The zero-order valence-corrected chi connectivity index (χ0v) is 8.26. The average molecular weight is 249 g/mol. The van der Waals surface area contributed by atoms with Crippen molar-refractivity contribution < 1.29 is 9.31 Å². The number of nitro benzene ring substituents is 1. The molecule has 1 rings (SSSR count). The number of nitrogens with one attached hydrogen (secondary N) is 1. The highest BCUT2D eigenvalue weighted by molar-refractivity contribution is 9.10. The van der Waals surface area contributed by atoms with E-state index >= 15 is 0 Å². The highest BCUT2D eigenvalue weighted by Gasteiger charge is 2.17. The fraction of sp³-hybridized carbons (Fsp3) is 0.143. The molecule has 0 saturated carbocycles. The molecule has 1 aromatic carbocycles. The Morgan fingerprint density at radius 3 is 2.69 bits per heavy atom. The lowest BCUT2D eigenvalue weighted by atomic mass is 10.2. The molecule has 1 N–H and O–H groups in total. The summed E-state index contributed by atoms with van der Waals surface area (Å²) in [7, 11) is 1.49. The smallest absolute Gasteiger partial charge is 0.293 e. The van der Waals surface area contributed by atoms with Crippen LogP contribution in [0.2, 0.25) is 0 Å². The molecule has 13 heavy (non-hydrogen) atoms. The minimum Gasteiger partial charge on any atom is -0.382 e. The summed E-state index contributed by atoms with van der Waals surface area (Å²) in [5, 5.41) is 13.0. The highest BCUT2D eigenvalue weighted by Crippen LogP contribution is 2.33. The topological polar surface area (TPSA) is 55.2 Å². The molecule has 0 amide bonds. The summed E-state index contributed by atoms with van der Waals surface area (Å²) < 4.78 is 13.0. The molecule has 4 nitrogen and oxygen atoms in total. The van der Waals surface area contributed by atoms with Gasteiger partial charge in [0, 0.05) is 13.1 Å². The summed E-state index contributed by atoms with van der Waals surface area (Å²) in [6, 6.07) is 2.16. The Morgan fingerprint density at radius 1 is 1.62 bits per heavy atom.